The summed E-state index contributed by atoms with van der Waals surface area (Å²) in [5, 5.41) is 6.29. The Bertz CT molecular complexity index is 459. The molecule has 108 valence electrons. The van der Waals surface area contributed by atoms with Crippen molar-refractivity contribution < 1.29 is 4.79 Å². The van der Waals surface area contributed by atoms with E-state index in [9.17, 15) is 4.79 Å². The molecule has 2 N–H and O–H groups in total. The summed E-state index contributed by atoms with van der Waals surface area (Å²) in [5.74, 6) is 1.01. The van der Waals surface area contributed by atoms with Crippen LogP contribution in [0.5, 0.6) is 0 Å². The van der Waals surface area contributed by atoms with Gasteiger partial charge >= 0.3 is 0 Å². The van der Waals surface area contributed by atoms with E-state index in [1.165, 1.54) is 11.1 Å². The maximum atomic E-state index is 12.0. The Balaban J connectivity index is 1.70. The molecule has 0 bridgehead atoms. The largest absolute Gasteiger partial charge is 0.351 e. The van der Waals surface area contributed by atoms with E-state index < -0.39 is 0 Å². The molecule has 1 unspecified atom stereocenters. The van der Waals surface area contributed by atoms with Gasteiger partial charge in [0.15, 0.2) is 0 Å². The number of hydrogen-bond donors (Lipinski definition) is 2. The fourth-order valence-electron chi connectivity index (χ4n) is 2.05. The molecule has 20 heavy (non-hydrogen) atoms. The number of amides is 1. The topological polar surface area (TPSA) is 41.1 Å². The lowest BCUT2D eigenvalue weighted by Crippen LogP contribution is -2.34. The van der Waals surface area contributed by atoms with Crippen molar-refractivity contribution in [3.05, 3.63) is 47.5 Å². The lowest BCUT2D eigenvalue weighted by atomic mass is 10.1. The lowest BCUT2D eigenvalue weighted by molar-refractivity contribution is -0.120. The van der Waals surface area contributed by atoms with E-state index in [1.807, 2.05) is 25.1 Å². The van der Waals surface area contributed by atoms with Crippen LogP contribution in [-0.2, 0) is 10.5 Å². The van der Waals surface area contributed by atoms with Gasteiger partial charge in [-0.1, -0.05) is 42.0 Å². The smallest absolute Gasteiger partial charge is 0.233 e. The van der Waals surface area contributed by atoms with Gasteiger partial charge in [0.05, 0.1) is 5.25 Å². The molecule has 0 spiro atoms. The number of benzene rings is 1. The van der Waals surface area contributed by atoms with Crippen molar-refractivity contribution in [1.82, 2.24) is 10.6 Å². The van der Waals surface area contributed by atoms with Crippen molar-refractivity contribution in [3.8, 4) is 0 Å². The molecular formula is C16H22N2OS. The average molecular weight is 290 g/mol. The normalized spacial score (nSPS) is 16.4. The van der Waals surface area contributed by atoms with Crippen LogP contribution in [0.2, 0.25) is 0 Å². The lowest BCUT2D eigenvalue weighted by Gasteiger charge is -2.16. The minimum atomic E-state index is -0.0162. The third-order valence-electron chi connectivity index (χ3n) is 3.36. The summed E-state index contributed by atoms with van der Waals surface area (Å²) in [7, 11) is 0. The van der Waals surface area contributed by atoms with Crippen molar-refractivity contribution in [3.63, 3.8) is 0 Å². The van der Waals surface area contributed by atoms with Gasteiger partial charge in [-0.3, -0.25) is 4.79 Å². The average Bonchev–Trinajstić information content (AvgIpc) is 2.52. The molecule has 0 radical (unpaired) electrons. The minimum absolute atomic E-state index is 0.0162. The van der Waals surface area contributed by atoms with Gasteiger partial charge in [0.1, 0.15) is 0 Å². The maximum absolute atomic E-state index is 12.0. The Labute approximate surface area is 125 Å². The standard InChI is InChI=1S/C16H22N2OS/c1-13(20-12-15-5-3-2-4-6-15)16(19)18-11-14-7-9-17-10-8-14/h2-7,13,17H,8-12H2,1H3,(H,18,19). The maximum Gasteiger partial charge on any atom is 0.233 e. The monoisotopic (exact) mass is 290 g/mol. The van der Waals surface area contributed by atoms with Crippen LogP contribution in [0, 0.1) is 0 Å². The third kappa shape index (κ3) is 5.02. The first kappa shape index (κ1) is 15.1. The minimum Gasteiger partial charge on any atom is -0.351 e. The molecule has 1 aromatic carbocycles. The van der Waals surface area contributed by atoms with Crippen molar-refractivity contribution in [1.29, 1.82) is 0 Å². The molecule has 4 heteroatoms. The summed E-state index contributed by atoms with van der Waals surface area (Å²) in [6, 6.07) is 10.3. The van der Waals surface area contributed by atoms with E-state index in [0.29, 0.717) is 6.54 Å². The van der Waals surface area contributed by atoms with Crippen molar-refractivity contribution >= 4 is 17.7 Å². The zero-order chi connectivity index (χ0) is 14.2. The molecule has 1 aromatic rings. The Morgan fingerprint density at radius 2 is 2.20 bits per heavy atom. The number of hydrogen-bond acceptors (Lipinski definition) is 3. The van der Waals surface area contributed by atoms with Crippen LogP contribution in [0.1, 0.15) is 18.9 Å². The summed E-state index contributed by atoms with van der Waals surface area (Å²) >= 11 is 1.68. The molecule has 1 atom stereocenters. The summed E-state index contributed by atoms with van der Waals surface area (Å²) in [6.07, 6.45) is 3.21. The zero-order valence-corrected chi connectivity index (χ0v) is 12.7. The molecule has 1 amide bonds. The fourth-order valence-corrected chi connectivity index (χ4v) is 2.92. The first-order valence-corrected chi connectivity index (χ1v) is 8.12. The summed E-state index contributed by atoms with van der Waals surface area (Å²) in [6.45, 7) is 4.60. The van der Waals surface area contributed by atoms with E-state index in [-0.39, 0.29) is 11.2 Å². The SMILES string of the molecule is CC(SCc1ccccc1)C(=O)NCC1=CCNCC1. The molecule has 3 nitrogen and oxygen atoms in total. The first-order valence-electron chi connectivity index (χ1n) is 7.07. The van der Waals surface area contributed by atoms with Crippen molar-refractivity contribution in [2.24, 2.45) is 0 Å². The van der Waals surface area contributed by atoms with Gasteiger partial charge in [-0.2, -0.15) is 0 Å². The van der Waals surface area contributed by atoms with Gasteiger partial charge in [-0.05, 0) is 25.5 Å². The van der Waals surface area contributed by atoms with Crippen LogP contribution in [0.25, 0.3) is 0 Å². The number of rotatable bonds is 6. The number of thioether (sulfide) groups is 1. The molecular weight excluding hydrogens is 268 g/mol. The molecule has 1 aliphatic rings. The second kappa shape index (κ2) is 8.12. The molecule has 0 aliphatic carbocycles. The van der Waals surface area contributed by atoms with Crippen LogP contribution in [0.3, 0.4) is 0 Å². The molecule has 0 saturated carbocycles. The Morgan fingerprint density at radius 3 is 2.90 bits per heavy atom. The quantitative estimate of drug-likeness (QED) is 0.790. The second-order valence-corrected chi connectivity index (χ2v) is 6.30. The van der Waals surface area contributed by atoms with E-state index in [0.717, 1.165) is 25.3 Å². The highest BCUT2D eigenvalue weighted by Crippen LogP contribution is 2.17. The molecule has 1 aliphatic heterocycles. The van der Waals surface area contributed by atoms with Crippen LogP contribution >= 0.6 is 11.8 Å². The highest BCUT2D eigenvalue weighted by atomic mass is 32.2. The van der Waals surface area contributed by atoms with Crippen LogP contribution < -0.4 is 10.6 Å². The van der Waals surface area contributed by atoms with E-state index in [1.54, 1.807) is 11.8 Å². The van der Waals surface area contributed by atoms with Crippen LogP contribution in [0.15, 0.2) is 42.0 Å². The number of carbonyl (C=O) groups excluding carboxylic acids is 1. The van der Waals surface area contributed by atoms with Crippen LogP contribution in [0.4, 0.5) is 0 Å². The van der Waals surface area contributed by atoms with Gasteiger partial charge in [0, 0.05) is 18.8 Å². The van der Waals surface area contributed by atoms with E-state index in [2.05, 4.69) is 28.8 Å². The van der Waals surface area contributed by atoms with Gasteiger partial charge in [0.2, 0.25) is 5.91 Å². The Kier molecular flexibility index (Phi) is 6.15. The molecule has 0 fully saturated rings. The van der Waals surface area contributed by atoms with Gasteiger partial charge in [-0.15, -0.1) is 11.8 Å². The molecule has 0 saturated heterocycles. The predicted molar refractivity (Wildman–Crippen MR) is 85.8 cm³/mol. The van der Waals surface area contributed by atoms with Gasteiger partial charge in [0.25, 0.3) is 0 Å². The van der Waals surface area contributed by atoms with Gasteiger partial charge < -0.3 is 10.6 Å². The third-order valence-corrected chi connectivity index (χ3v) is 4.57. The van der Waals surface area contributed by atoms with Gasteiger partial charge in [-0.25, -0.2) is 0 Å². The summed E-state index contributed by atoms with van der Waals surface area (Å²) in [4.78, 5) is 12.0. The number of nitrogens with one attached hydrogen (secondary N) is 2. The Hall–Kier alpha value is -1.26. The highest BCUT2D eigenvalue weighted by Gasteiger charge is 2.13. The molecule has 1 heterocycles. The fraction of sp³-hybridized carbons (Fsp3) is 0.438. The van der Waals surface area contributed by atoms with E-state index in [4.69, 9.17) is 0 Å². The predicted octanol–water partition coefficient (Wildman–Crippen LogP) is 2.34. The molecule has 0 aromatic heterocycles. The summed E-state index contributed by atoms with van der Waals surface area (Å²) < 4.78 is 0. The summed E-state index contributed by atoms with van der Waals surface area (Å²) in [5.41, 5.74) is 2.59. The zero-order valence-electron chi connectivity index (χ0n) is 11.9. The highest BCUT2D eigenvalue weighted by molar-refractivity contribution is 7.99. The van der Waals surface area contributed by atoms with Crippen molar-refractivity contribution in [2.45, 2.75) is 24.3 Å². The Morgan fingerprint density at radius 1 is 1.40 bits per heavy atom. The second-order valence-electron chi connectivity index (χ2n) is 4.97. The molecule has 2 rings (SSSR count). The first-order chi connectivity index (χ1) is 9.75. The van der Waals surface area contributed by atoms with Crippen molar-refractivity contribution in [2.75, 3.05) is 19.6 Å². The number of carbonyl (C=O) groups is 1. The van der Waals surface area contributed by atoms with Crippen LogP contribution in [-0.4, -0.2) is 30.8 Å². The van der Waals surface area contributed by atoms with E-state index >= 15 is 0 Å².